The number of likely N-dealkylation sites (tertiary alicyclic amines) is 1. The summed E-state index contributed by atoms with van der Waals surface area (Å²) in [4.78, 5) is 2.65. The van der Waals surface area contributed by atoms with Crippen LogP contribution in [-0.2, 0) is 29.5 Å². The minimum Gasteiger partial charge on any atom is -0.504 e. The number of benzene rings is 3. The number of aliphatic hydroxyl groups excluding tert-OH is 1. The number of hydrogen-bond acceptors (Lipinski definition) is 5. The monoisotopic (exact) mass is 534 g/mol. The third-order valence-corrected chi connectivity index (χ3v) is 11.1. The highest BCUT2D eigenvalue weighted by molar-refractivity contribution is 5.90. The number of phenolic OH excluding ortho intramolecular Hbond substituents is 1. The number of methoxy groups -OCH3 is 1. The van der Waals surface area contributed by atoms with Crippen molar-refractivity contribution in [2.75, 3.05) is 13.7 Å². The van der Waals surface area contributed by atoms with Crippen LogP contribution in [0.1, 0.15) is 58.6 Å². The quantitative estimate of drug-likeness (QED) is 0.357. The van der Waals surface area contributed by atoms with E-state index in [0.717, 1.165) is 54.6 Å². The van der Waals surface area contributed by atoms with Crippen LogP contribution in [0.25, 0.3) is 10.9 Å². The maximum atomic E-state index is 11.1. The van der Waals surface area contributed by atoms with E-state index in [9.17, 15) is 10.2 Å². The number of rotatable bonds is 4. The van der Waals surface area contributed by atoms with E-state index in [0.29, 0.717) is 18.2 Å². The van der Waals surface area contributed by atoms with E-state index in [1.165, 1.54) is 22.2 Å². The van der Waals surface area contributed by atoms with Crippen molar-refractivity contribution in [1.29, 1.82) is 0 Å². The summed E-state index contributed by atoms with van der Waals surface area (Å²) in [5, 5.41) is 23.2. The molecule has 40 heavy (non-hydrogen) atoms. The molecule has 3 aliphatic heterocycles. The lowest BCUT2D eigenvalue weighted by Crippen LogP contribution is -2.61. The first-order valence-electron chi connectivity index (χ1n) is 14.7. The van der Waals surface area contributed by atoms with Crippen molar-refractivity contribution in [1.82, 2.24) is 9.47 Å². The number of piperidine rings is 1. The molecule has 2 aliphatic carbocycles. The molecule has 1 saturated carbocycles. The first kappa shape index (κ1) is 23.4. The van der Waals surface area contributed by atoms with Crippen LogP contribution in [-0.4, -0.2) is 51.0 Å². The average Bonchev–Trinajstić information content (AvgIpc) is 3.24. The van der Waals surface area contributed by atoms with E-state index in [1.54, 1.807) is 6.07 Å². The first-order chi connectivity index (χ1) is 19.5. The number of aryl methyl sites for hydroxylation is 2. The molecule has 2 fully saturated rings. The van der Waals surface area contributed by atoms with Crippen LogP contribution in [0.3, 0.4) is 0 Å². The van der Waals surface area contributed by atoms with Gasteiger partial charge in [0.2, 0.25) is 0 Å². The summed E-state index contributed by atoms with van der Waals surface area (Å²) < 4.78 is 16.2. The minimum atomic E-state index is -0.488. The highest BCUT2D eigenvalue weighted by atomic mass is 16.5. The van der Waals surface area contributed by atoms with Crippen molar-refractivity contribution < 1.29 is 19.7 Å². The van der Waals surface area contributed by atoms with Gasteiger partial charge in [0, 0.05) is 49.2 Å². The van der Waals surface area contributed by atoms with E-state index in [1.807, 2.05) is 13.2 Å². The Morgan fingerprint density at radius 3 is 2.75 bits per heavy atom. The number of ether oxygens (including phenoxy) is 2. The zero-order valence-electron chi connectivity index (χ0n) is 22.9. The van der Waals surface area contributed by atoms with Crippen LogP contribution >= 0.6 is 0 Å². The largest absolute Gasteiger partial charge is 0.504 e. The van der Waals surface area contributed by atoms with Gasteiger partial charge in [-0.05, 0) is 48.9 Å². The Kier molecular flexibility index (Phi) is 4.50. The number of aromatic hydroxyl groups is 1. The van der Waals surface area contributed by atoms with Crippen molar-refractivity contribution in [3.8, 4) is 11.5 Å². The molecule has 0 radical (unpaired) electrons. The third kappa shape index (κ3) is 2.57. The molecule has 1 aromatic heterocycles. The van der Waals surface area contributed by atoms with Crippen molar-refractivity contribution in [2.24, 2.45) is 0 Å². The average molecular weight is 535 g/mol. The second-order valence-electron chi connectivity index (χ2n) is 12.6. The molecule has 0 bridgehead atoms. The second-order valence-corrected chi connectivity index (χ2v) is 12.6. The van der Waals surface area contributed by atoms with Gasteiger partial charge >= 0.3 is 0 Å². The summed E-state index contributed by atoms with van der Waals surface area (Å²) in [7, 11) is 1.89. The van der Waals surface area contributed by atoms with Crippen LogP contribution in [0.5, 0.6) is 11.5 Å². The Labute approximate surface area is 233 Å². The van der Waals surface area contributed by atoms with Crippen molar-refractivity contribution >= 4 is 10.9 Å². The molecule has 1 spiro atoms. The van der Waals surface area contributed by atoms with E-state index in [-0.39, 0.29) is 17.9 Å². The van der Waals surface area contributed by atoms with E-state index in [4.69, 9.17) is 9.47 Å². The predicted molar refractivity (Wildman–Crippen MR) is 152 cm³/mol. The maximum Gasteiger partial charge on any atom is 0.166 e. The van der Waals surface area contributed by atoms with E-state index < -0.39 is 17.1 Å². The predicted octanol–water partition coefficient (Wildman–Crippen LogP) is 5.10. The maximum absolute atomic E-state index is 11.1. The Bertz CT molecular complexity index is 1710. The molecule has 0 amide bonds. The summed E-state index contributed by atoms with van der Waals surface area (Å²) >= 11 is 0. The van der Waals surface area contributed by atoms with Gasteiger partial charge in [-0.2, -0.15) is 0 Å². The smallest absolute Gasteiger partial charge is 0.166 e. The Hall–Kier alpha value is -3.32. The molecule has 3 aromatic carbocycles. The minimum absolute atomic E-state index is 0.211. The molecule has 2 unspecified atom stereocenters. The zero-order valence-corrected chi connectivity index (χ0v) is 22.9. The molecule has 1 saturated heterocycles. The topological polar surface area (TPSA) is 66.9 Å². The number of aromatic nitrogens is 1. The van der Waals surface area contributed by atoms with Gasteiger partial charge in [-0.15, -0.1) is 0 Å². The van der Waals surface area contributed by atoms with Crippen molar-refractivity contribution in [2.45, 2.75) is 74.5 Å². The number of fused-ring (bicyclic) bond motifs is 7. The summed E-state index contributed by atoms with van der Waals surface area (Å²) in [6.45, 7) is 3.92. The Balaban J connectivity index is 1.25. The van der Waals surface area contributed by atoms with Crippen molar-refractivity contribution in [3.05, 3.63) is 94.2 Å². The summed E-state index contributed by atoms with van der Waals surface area (Å²) in [5.41, 5.74) is 7.42. The second kappa shape index (κ2) is 7.69. The van der Waals surface area contributed by atoms with Gasteiger partial charge in [0.1, 0.15) is 5.60 Å². The summed E-state index contributed by atoms with van der Waals surface area (Å²) in [6.07, 6.45) is 2.74. The van der Waals surface area contributed by atoms with Gasteiger partial charge in [-0.3, -0.25) is 4.90 Å². The van der Waals surface area contributed by atoms with E-state index >= 15 is 0 Å². The highest BCUT2D eigenvalue weighted by Crippen LogP contribution is 2.74. The molecule has 6 heteroatoms. The van der Waals surface area contributed by atoms with Gasteiger partial charge in [0.25, 0.3) is 0 Å². The summed E-state index contributed by atoms with van der Waals surface area (Å²) in [6, 6.07) is 21.6. The number of para-hydroxylation sites is 1. The van der Waals surface area contributed by atoms with Gasteiger partial charge in [-0.1, -0.05) is 54.6 Å². The van der Waals surface area contributed by atoms with Gasteiger partial charge in [0.05, 0.1) is 28.8 Å². The molecular weight excluding hydrogens is 500 g/mol. The standard InChI is InChI=1S/C34H34N2O4/c1-19-11-12-26(38)30-27(19)33-18-24-31(35(24)15-13-20-7-4-3-5-8-20)34(33,39-2)17-23-21-9-6-10-22-25(37)14-16-36(28(21)22)29(23)32(33)40-30/h3-12,24-25,31-32,37-38H,13-18H2,1-2H3/t24?,25-,31+,32-,33-,34+,35?/m0/s1. The summed E-state index contributed by atoms with van der Waals surface area (Å²) in [5.74, 6) is 0.842. The normalized spacial score (nSPS) is 34.0. The Morgan fingerprint density at radius 1 is 1.07 bits per heavy atom. The lowest BCUT2D eigenvalue weighted by molar-refractivity contribution is -0.113. The molecular formula is C34H34N2O4. The molecule has 6 nitrogen and oxygen atoms in total. The number of aliphatic hydroxyl groups is 1. The molecule has 204 valence electrons. The van der Waals surface area contributed by atoms with Crippen LogP contribution in [0.4, 0.5) is 0 Å². The van der Waals surface area contributed by atoms with Gasteiger partial charge in [0.15, 0.2) is 17.6 Å². The fraction of sp³-hybridized carbons (Fsp3) is 0.412. The molecule has 2 N–H and O–H groups in total. The molecule has 9 rings (SSSR count). The SMILES string of the molecule is CO[C@@]12Cc3c(n4c5c(cccc35)[C@@H](O)CC4)[C@@H]3Oc4c(O)ccc(C)c4[C@@]31CC1[C@H]2N1CCc1ccccc1. The van der Waals surface area contributed by atoms with Crippen LogP contribution < -0.4 is 4.74 Å². The highest BCUT2D eigenvalue weighted by Gasteiger charge is 2.81. The molecule has 4 aromatic rings. The van der Waals surface area contributed by atoms with Gasteiger partial charge < -0.3 is 24.3 Å². The zero-order chi connectivity index (χ0) is 27.0. The molecule has 5 aliphatic rings. The van der Waals surface area contributed by atoms with E-state index in [2.05, 4.69) is 64.9 Å². The fourth-order valence-electron chi connectivity index (χ4n) is 9.56. The van der Waals surface area contributed by atoms with Crippen molar-refractivity contribution in [3.63, 3.8) is 0 Å². The molecule has 4 heterocycles. The van der Waals surface area contributed by atoms with Crippen LogP contribution in [0.2, 0.25) is 0 Å². The van der Waals surface area contributed by atoms with Gasteiger partial charge in [-0.25, -0.2) is 0 Å². The number of nitrogens with zero attached hydrogens (tertiary/aromatic N) is 2. The number of phenols is 1. The van der Waals surface area contributed by atoms with Crippen LogP contribution in [0, 0.1) is 6.92 Å². The Morgan fingerprint density at radius 2 is 1.93 bits per heavy atom. The lowest BCUT2D eigenvalue weighted by Gasteiger charge is -2.52. The van der Waals surface area contributed by atoms with Crippen LogP contribution in [0.15, 0.2) is 60.7 Å². The first-order valence-corrected chi connectivity index (χ1v) is 14.7. The number of hydrogen-bond donors (Lipinski definition) is 2. The molecule has 7 atom stereocenters. The lowest BCUT2D eigenvalue weighted by atomic mass is 9.58. The fourth-order valence-corrected chi connectivity index (χ4v) is 9.56. The third-order valence-electron chi connectivity index (χ3n) is 11.1.